The molecule has 29 heavy (non-hydrogen) atoms. The number of aliphatic imine (C=N–C) groups is 1. The fourth-order valence-corrected chi connectivity index (χ4v) is 3.87. The Balaban J connectivity index is 0.00000240. The van der Waals surface area contributed by atoms with E-state index in [4.69, 9.17) is 14.5 Å². The third-order valence-corrected chi connectivity index (χ3v) is 5.36. The Morgan fingerprint density at radius 2 is 1.93 bits per heavy atom. The first-order valence-electron chi connectivity index (χ1n) is 10.3. The summed E-state index contributed by atoms with van der Waals surface area (Å²) in [5.41, 5.74) is 3.94. The molecule has 0 aromatic heterocycles. The highest BCUT2D eigenvalue weighted by atomic mass is 127. The molecular weight excluding hydrogens is 477 g/mol. The Kier molecular flexibility index (Phi) is 8.03. The molecule has 1 unspecified atom stereocenters. The van der Waals surface area contributed by atoms with Crippen LogP contribution in [0.25, 0.3) is 0 Å². The molecule has 0 bridgehead atoms. The predicted octanol–water partition coefficient (Wildman–Crippen LogP) is 3.90. The van der Waals surface area contributed by atoms with Crippen molar-refractivity contribution in [1.82, 2.24) is 10.6 Å². The molecule has 0 saturated heterocycles. The number of nitrogens with zero attached hydrogens (tertiary/aromatic N) is 1. The lowest BCUT2D eigenvalue weighted by Gasteiger charge is -2.25. The van der Waals surface area contributed by atoms with Gasteiger partial charge in [-0.2, -0.15) is 0 Å². The van der Waals surface area contributed by atoms with Gasteiger partial charge in [0.25, 0.3) is 0 Å². The minimum Gasteiger partial charge on any atom is -0.493 e. The average molecular weight is 507 g/mol. The highest BCUT2D eigenvalue weighted by Crippen LogP contribution is 2.33. The van der Waals surface area contributed by atoms with Gasteiger partial charge < -0.3 is 20.1 Å². The number of para-hydroxylation sites is 1. The van der Waals surface area contributed by atoms with Crippen molar-refractivity contribution >= 4 is 29.9 Å². The number of hydrogen-bond donors (Lipinski definition) is 2. The second-order valence-corrected chi connectivity index (χ2v) is 7.31. The number of benzene rings is 2. The molecule has 2 heterocycles. The predicted molar refractivity (Wildman–Crippen MR) is 128 cm³/mol. The Morgan fingerprint density at radius 3 is 2.83 bits per heavy atom. The lowest BCUT2D eigenvalue weighted by atomic mass is 9.93. The summed E-state index contributed by atoms with van der Waals surface area (Å²) in [7, 11) is 0. The van der Waals surface area contributed by atoms with Gasteiger partial charge in [0.1, 0.15) is 11.5 Å². The summed E-state index contributed by atoms with van der Waals surface area (Å²) in [5, 5.41) is 6.84. The van der Waals surface area contributed by atoms with E-state index in [1.54, 1.807) is 0 Å². The van der Waals surface area contributed by atoms with Crippen molar-refractivity contribution in [3.05, 3.63) is 59.2 Å². The first-order valence-corrected chi connectivity index (χ1v) is 10.3. The molecule has 0 spiro atoms. The van der Waals surface area contributed by atoms with Crippen molar-refractivity contribution in [2.75, 3.05) is 32.8 Å². The summed E-state index contributed by atoms with van der Waals surface area (Å²) in [4.78, 5) is 4.84. The zero-order chi connectivity index (χ0) is 19.2. The fraction of sp³-hybridized carbons (Fsp3) is 0.435. The molecule has 0 radical (unpaired) electrons. The van der Waals surface area contributed by atoms with E-state index in [0.29, 0.717) is 5.92 Å². The van der Waals surface area contributed by atoms with Gasteiger partial charge in [0.05, 0.1) is 13.2 Å². The van der Waals surface area contributed by atoms with Crippen LogP contribution in [0, 0.1) is 0 Å². The molecule has 6 heteroatoms. The van der Waals surface area contributed by atoms with E-state index >= 15 is 0 Å². The lowest BCUT2D eigenvalue weighted by molar-refractivity contribution is 0.269. The second kappa shape index (κ2) is 10.7. The molecule has 2 aromatic rings. The van der Waals surface area contributed by atoms with Crippen LogP contribution in [0.2, 0.25) is 0 Å². The smallest absolute Gasteiger partial charge is 0.191 e. The topological polar surface area (TPSA) is 54.9 Å². The molecule has 2 aromatic carbocycles. The molecule has 4 rings (SSSR count). The van der Waals surface area contributed by atoms with Gasteiger partial charge >= 0.3 is 0 Å². The van der Waals surface area contributed by atoms with Gasteiger partial charge in [-0.3, -0.25) is 4.99 Å². The van der Waals surface area contributed by atoms with Gasteiger partial charge in [-0.1, -0.05) is 30.3 Å². The molecule has 0 aliphatic carbocycles. The highest BCUT2D eigenvalue weighted by Gasteiger charge is 2.20. The Bertz CT molecular complexity index is 841. The van der Waals surface area contributed by atoms with Crippen LogP contribution in [0.5, 0.6) is 11.5 Å². The van der Waals surface area contributed by atoms with E-state index in [1.165, 1.54) is 16.7 Å². The van der Waals surface area contributed by atoms with E-state index in [0.717, 1.165) is 69.6 Å². The summed E-state index contributed by atoms with van der Waals surface area (Å²) in [6.07, 6.45) is 3.00. The minimum atomic E-state index is 0. The monoisotopic (exact) mass is 507 g/mol. The molecular formula is C23H30IN3O2. The van der Waals surface area contributed by atoms with Gasteiger partial charge in [-0.25, -0.2) is 0 Å². The van der Waals surface area contributed by atoms with Crippen LogP contribution in [0.4, 0.5) is 0 Å². The number of rotatable bonds is 6. The fourth-order valence-electron chi connectivity index (χ4n) is 3.87. The molecule has 0 saturated carbocycles. The number of hydrogen-bond acceptors (Lipinski definition) is 3. The zero-order valence-electron chi connectivity index (χ0n) is 16.9. The van der Waals surface area contributed by atoms with Crippen LogP contribution in [0.3, 0.4) is 0 Å². The van der Waals surface area contributed by atoms with Crippen molar-refractivity contribution < 1.29 is 9.47 Å². The molecule has 2 aliphatic heterocycles. The number of halogens is 1. The standard InChI is InChI=1S/C23H29N3O2.HI/c1-2-24-23(25-12-9-17-7-8-21-18(15-17)10-13-27-21)26-16-19-11-14-28-22-6-4-3-5-20(19)22;/h3-8,15,19H,2,9-14,16H2,1H3,(H2,24,25,26);1H. The molecule has 2 N–H and O–H groups in total. The molecule has 0 amide bonds. The van der Waals surface area contributed by atoms with Crippen LogP contribution >= 0.6 is 24.0 Å². The molecule has 1 atom stereocenters. The van der Waals surface area contributed by atoms with Crippen molar-refractivity contribution in [3.63, 3.8) is 0 Å². The zero-order valence-corrected chi connectivity index (χ0v) is 19.3. The summed E-state index contributed by atoms with van der Waals surface area (Å²) in [6, 6.07) is 14.8. The van der Waals surface area contributed by atoms with Crippen LogP contribution in [0.1, 0.15) is 36.0 Å². The van der Waals surface area contributed by atoms with Crippen molar-refractivity contribution in [2.24, 2.45) is 4.99 Å². The summed E-state index contributed by atoms with van der Waals surface area (Å²) in [6.45, 7) is 6.16. The molecule has 0 fully saturated rings. The van der Waals surface area contributed by atoms with Crippen LogP contribution < -0.4 is 20.1 Å². The molecule has 2 aliphatic rings. The minimum absolute atomic E-state index is 0. The van der Waals surface area contributed by atoms with E-state index < -0.39 is 0 Å². The SMILES string of the molecule is CCNC(=NCC1CCOc2ccccc21)NCCc1ccc2c(c1)CCO2.I. The molecule has 156 valence electrons. The normalized spacial score (nSPS) is 17.3. The number of guanidine groups is 1. The largest absolute Gasteiger partial charge is 0.493 e. The summed E-state index contributed by atoms with van der Waals surface area (Å²) < 4.78 is 11.4. The Labute approximate surface area is 190 Å². The van der Waals surface area contributed by atoms with Crippen LogP contribution in [-0.2, 0) is 12.8 Å². The van der Waals surface area contributed by atoms with E-state index in [9.17, 15) is 0 Å². The van der Waals surface area contributed by atoms with E-state index in [-0.39, 0.29) is 24.0 Å². The maximum atomic E-state index is 5.76. The van der Waals surface area contributed by atoms with Gasteiger partial charge in [0, 0.05) is 32.0 Å². The third-order valence-electron chi connectivity index (χ3n) is 5.36. The van der Waals surface area contributed by atoms with Gasteiger partial charge in [-0.05, 0) is 48.6 Å². The van der Waals surface area contributed by atoms with Gasteiger partial charge in [0.15, 0.2) is 5.96 Å². The number of ether oxygens (including phenoxy) is 2. The maximum Gasteiger partial charge on any atom is 0.191 e. The van der Waals surface area contributed by atoms with Gasteiger partial charge in [-0.15, -0.1) is 24.0 Å². The van der Waals surface area contributed by atoms with Crippen molar-refractivity contribution in [2.45, 2.75) is 32.1 Å². The summed E-state index contributed by atoms with van der Waals surface area (Å²) in [5.74, 6) is 3.35. The second-order valence-electron chi connectivity index (χ2n) is 7.31. The quantitative estimate of drug-likeness (QED) is 0.354. The summed E-state index contributed by atoms with van der Waals surface area (Å²) >= 11 is 0. The number of fused-ring (bicyclic) bond motifs is 2. The molecule has 5 nitrogen and oxygen atoms in total. The number of nitrogens with one attached hydrogen (secondary N) is 2. The first kappa shape index (κ1) is 21.7. The maximum absolute atomic E-state index is 5.76. The highest BCUT2D eigenvalue weighted by molar-refractivity contribution is 14.0. The van der Waals surface area contributed by atoms with Gasteiger partial charge in [0.2, 0.25) is 0 Å². The lowest BCUT2D eigenvalue weighted by Crippen LogP contribution is -2.38. The third kappa shape index (κ3) is 5.56. The Morgan fingerprint density at radius 1 is 1.07 bits per heavy atom. The van der Waals surface area contributed by atoms with Crippen LogP contribution in [0.15, 0.2) is 47.5 Å². The average Bonchev–Trinajstić information content (AvgIpc) is 3.20. The van der Waals surface area contributed by atoms with E-state index in [1.807, 2.05) is 6.07 Å². The van der Waals surface area contributed by atoms with Crippen LogP contribution in [-0.4, -0.2) is 38.8 Å². The van der Waals surface area contributed by atoms with E-state index in [2.05, 4.69) is 54.0 Å². The first-order chi connectivity index (χ1) is 13.8. The van der Waals surface area contributed by atoms with Crippen molar-refractivity contribution in [1.29, 1.82) is 0 Å². The van der Waals surface area contributed by atoms with Crippen molar-refractivity contribution in [3.8, 4) is 11.5 Å². The Hall–Kier alpha value is -1.96.